The van der Waals surface area contributed by atoms with E-state index >= 15 is 0 Å². The van der Waals surface area contributed by atoms with E-state index in [1.807, 2.05) is 19.2 Å². The summed E-state index contributed by atoms with van der Waals surface area (Å²) in [4.78, 5) is 18.8. The van der Waals surface area contributed by atoms with E-state index in [-0.39, 0.29) is 5.91 Å². The smallest absolute Gasteiger partial charge is 0.236 e. The van der Waals surface area contributed by atoms with E-state index in [0.717, 1.165) is 38.5 Å². The molecule has 0 saturated carbocycles. The van der Waals surface area contributed by atoms with Crippen LogP contribution < -0.4 is 0 Å². The Morgan fingerprint density at radius 3 is 2.56 bits per heavy atom. The molecule has 1 aliphatic rings. The maximum absolute atomic E-state index is 12.4. The molecule has 1 saturated heterocycles. The SMILES string of the molecule is Cc1cccc(CN2CCN(CC(=O)N(C)Cc3ccco3)CC2)c1. The minimum atomic E-state index is 0.142. The van der Waals surface area contributed by atoms with Gasteiger partial charge in [0, 0.05) is 39.8 Å². The summed E-state index contributed by atoms with van der Waals surface area (Å²) < 4.78 is 5.31. The fourth-order valence-corrected chi connectivity index (χ4v) is 3.21. The second kappa shape index (κ2) is 8.32. The maximum atomic E-state index is 12.4. The molecule has 2 heterocycles. The van der Waals surface area contributed by atoms with Crippen LogP contribution in [0, 0.1) is 6.92 Å². The maximum Gasteiger partial charge on any atom is 0.236 e. The second-order valence-corrected chi connectivity index (χ2v) is 6.87. The lowest BCUT2D eigenvalue weighted by Gasteiger charge is -2.35. The molecule has 5 heteroatoms. The molecule has 1 fully saturated rings. The third-order valence-corrected chi connectivity index (χ3v) is 4.71. The minimum absolute atomic E-state index is 0.142. The van der Waals surface area contributed by atoms with Crippen LogP contribution in [0.3, 0.4) is 0 Å². The van der Waals surface area contributed by atoms with Gasteiger partial charge in [-0.15, -0.1) is 0 Å². The van der Waals surface area contributed by atoms with Crippen molar-refractivity contribution in [1.82, 2.24) is 14.7 Å². The predicted octanol–water partition coefficient (Wildman–Crippen LogP) is 2.36. The number of carbonyl (C=O) groups excluding carboxylic acids is 1. The minimum Gasteiger partial charge on any atom is -0.467 e. The molecular formula is C20H27N3O2. The van der Waals surface area contributed by atoms with Gasteiger partial charge in [0.05, 0.1) is 19.4 Å². The van der Waals surface area contributed by atoms with Crippen molar-refractivity contribution in [1.29, 1.82) is 0 Å². The Labute approximate surface area is 149 Å². The molecule has 1 amide bonds. The van der Waals surface area contributed by atoms with Crippen LogP contribution in [-0.2, 0) is 17.9 Å². The first-order valence-corrected chi connectivity index (χ1v) is 8.87. The van der Waals surface area contributed by atoms with Crippen LogP contribution in [0.5, 0.6) is 0 Å². The highest BCUT2D eigenvalue weighted by Gasteiger charge is 2.21. The van der Waals surface area contributed by atoms with E-state index in [9.17, 15) is 4.79 Å². The molecule has 0 atom stereocenters. The van der Waals surface area contributed by atoms with Crippen LogP contribution in [0.15, 0.2) is 47.1 Å². The second-order valence-electron chi connectivity index (χ2n) is 6.87. The van der Waals surface area contributed by atoms with Crippen LogP contribution in [-0.4, -0.2) is 60.4 Å². The van der Waals surface area contributed by atoms with E-state index in [2.05, 4.69) is 41.0 Å². The van der Waals surface area contributed by atoms with Crippen molar-refractivity contribution in [2.45, 2.75) is 20.0 Å². The summed E-state index contributed by atoms with van der Waals surface area (Å²) in [6.45, 7) is 8.01. The number of amides is 1. The highest BCUT2D eigenvalue weighted by Crippen LogP contribution is 2.11. The summed E-state index contributed by atoms with van der Waals surface area (Å²) in [5, 5.41) is 0. The van der Waals surface area contributed by atoms with Gasteiger partial charge in [0.25, 0.3) is 0 Å². The largest absolute Gasteiger partial charge is 0.467 e. The fourth-order valence-electron chi connectivity index (χ4n) is 3.21. The Morgan fingerprint density at radius 1 is 1.12 bits per heavy atom. The average Bonchev–Trinajstić information content (AvgIpc) is 3.09. The Balaban J connectivity index is 1.42. The topological polar surface area (TPSA) is 39.9 Å². The molecule has 5 nitrogen and oxygen atoms in total. The first-order valence-electron chi connectivity index (χ1n) is 8.87. The van der Waals surface area contributed by atoms with Gasteiger partial charge in [-0.05, 0) is 24.6 Å². The van der Waals surface area contributed by atoms with E-state index in [1.165, 1.54) is 11.1 Å². The summed E-state index contributed by atoms with van der Waals surface area (Å²) in [5.41, 5.74) is 2.67. The summed E-state index contributed by atoms with van der Waals surface area (Å²) in [6.07, 6.45) is 1.64. The predicted molar refractivity (Wildman–Crippen MR) is 98.1 cm³/mol. The number of piperazine rings is 1. The Morgan fingerprint density at radius 2 is 1.88 bits per heavy atom. The standard InChI is InChI=1S/C20H27N3O2/c1-17-5-3-6-18(13-17)14-22-8-10-23(11-9-22)16-20(24)21(2)15-19-7-4-12-25-19/h3-7,12-13H,8-11,14-16H2,1-2H3. The quantitative estimate of drug-likeness (QED) is 0.809. The van der Waals surface area contributed by atoms with Crippen molar-refractivity contribution in [3.05, 3.63) is 59.5 Å². The number of benzene rings is 1. The molecule has 0 aliphatic carbocycles. The molecule has 0 unspecified atom stereocenters. The highest BCUT2D eigenvalue weighted by atomic mass is 16.3. The van der Waals surface area contributed by atoms with Crippen molar-refractivity contribution in [2.24, 2.45) is 0 Å². The summed E-state index contributed by atoms with van der Waals surface area (Å²) in [5.74, 6) is 0.961. The van der Waals surface area contributed by atoms with Crippen molar-refractivity contribution in [3.8, 4) is 0 Å². The highest BCUT2D eigenvalue weighted by molar-refractivity contribution is 5.77. The molecule has 0 radical (unpaired) electrons. The summed E-state index contributed by atoms with van der Waals surface area (Å²) >= 11 is 0. The zero-order valence-corrected chi connectivity index (χ0v) is 15.1. The van der Waals surface area contributed by atoms with Gasteiger partial charge in [-0.2, -0.15) is 0 Å². The number of rotatable bonds is 6. The molecule has 0 N–H and O–H groups in total. The molecule has 1 aromatic heterocycles. The first-order chi connectivity index (χ1) is 12.1. The van der Waals surface area contributed by atoms with E-state index in [0.29, 0.717) is 13.1 Å². The molecule has 3 rings (SSSR count). The third-order valence-electron chi connectivity index (χ3n) is 4.71. The van der Waals surface area contributed by atoms with Crippen LogP contribution in [0.2, 0.25) is 0 Å². The fraction of sp³-hybridized carbons (Fsp3) is 0.450. The van der Waals surface area contributed by atoms with Crippen molar-refractivity contribution in [3.63, 3.8) is 0 Å². The number of hydrogen-bond acceptors (Lipinski definition) is 4. The first kappa shape index (κ1) is 17.7. The third kappa shape index (κ3) is 5.18. The summed E-state index contributed by atoms with van der Waals surface area (Å²) in [6, 6.07) is 12.4. The van der Waals surface area contributed by atoms with Gasteiger partial charge in [0.1, 0.15) is 5.76 Å². The van der Waals surface area contributed by atoms with Crippen molar-refractivity contribution >= 4 is 5.91 Å². The Hall–Kier alpha value is -2.11. The number of nitrogens with zero attached hydrogens (tertiary/aromatic N) is 3. The molecule has 134 valence electrons. The van der Waals surface area contributed by atoms with Crippen LogP contribution >= 0.6 is 0 Å². The molecule has 1 aliphatic heterocycles. The number of aryl methyl sites for hydroxylation is 1. The lowest BCUT2D eigenvalue weighted by molar-refractivity contribution is -0.132. The molecule has 0 bridgehead atoms. The molecule has 25 heavy (non-hydrogen) atoms. The lowest BCUT2D eigenvalue weighted by atomic mass is 10.1. The number of furan rings is 1. The zero-order valence-electron chi connectivity index (χ0n) is 15.1. The Kier molecular flexibility index (Phi) is 5.89. The van der Waals surface area contributed by atoms with Gasteiger partial charge in [-0.1, -0.05) is 29.8 Å². The van der Waals surface area contributed by atoms with Gasteiger partial charge >= 0.3 is 0 Å². The summed E-state index contributed by atoms with van der Waals surface area (Å²) in [7, 11) is 1.83. The lowest BCUT2D eigenvalue weighted by Crippen LogP contribution is -2.49. The van der Waals surface area contributed by atoms with E-state index in [4.69, 9.17) is 4.42 Å². The van der Waals surface area contributed by atoms with Gasteiger partial charge < -0.3 is 9.32 Å². The molecule has 0 spiro atoms. The van der Waals surface area contributed by atoms with Crippen molar-refractivity contribution in [2.75, 3.05) is 39.8 Å². The average molecular weight is 341 g/mol. The van der Waals surface area contributed by atoms with Gasteiger partial charge in [-0.3, -0.25) is 14.6 Å². The van der Waals surface area contributed by atoms with Gasteiger partial charge in [-0.25, -0.2) is 0 Å². The number of carbonyl (C=O) groups is 1. The van der Waals surface area contributed by atoms with Crippen LogP contribution in [0.1, 0.15) is 16.9 Å². The van der Waals surface area contributed by atoms with Crippen LogP contribution in [0.25, 0.3) is 0 Å². The Bertz CT molecular complexity index is 676. The molecule has 1 aromatic carbocycles. The molecular weight excluding hydrogens is 314 g/mol. The number of hydrogen-bond donors (Lipinski definition) is 0. The van der Waals surface area contributed by atoms with Crippen molar-refractivity contribution < 1.29 is 9.21 Å². The molecule has 2 aromatic rings. The number of likely N-dealkylation sites (N-methyl/N-ethyl adjacent to an activating group) is 1. The normalized spacial score (nSPS) is 16.1. The van der Waals surface area contributed by atoms with E-state index < -0.39 is 0 Å². The monoisotopic (exact) mass is 341 g/mol. The van der Waals surface area contributed by atoms with Gasteiger partial charge in [0.15, 0.2) is 0 Å². The zero-order chi connectivity index (χ0) is 17.6. The van der Waals surface area contributed by atoms with Crippen LogP contribution in [0.4, 0.5) is 0 Å². The van der Waals surface area contributed by atoms with E-state index in [1.54, 1.807) is 11.2 Å². The van der Waals surface area contributed by atoms with Gasteiger partial charge in [0.2, 0.25) is 5.91 Å².